The lowest BCUT2D eigenvalue weighted by molar-refractivity contribution is 0.0674. The van der Waals surface area contributed by atoms with Gasteiger partial charge in [-0.15, -0.1) is 10.2 Å². The Labute approximate surface area is 92.2 Å². The van der Waals surface area contributed by atoms with Gasteiger partial charge in [0.05, 0.1) is 6.10 Å². The Balaban J connectivity index is 2.13. The van der Waals surface area contributed by atoms with Gasteiger partial charge in [-0.2, -0.15) is 0 Å². The van der Waals surface area contributed by atoms with E-state index >= 15 is 0 Å². The smallest absolute Gasteiger partial charge is 0.174 e. The van der Waals surface area contributed by atoms with E-state index < -0.39 is 0 Å². The molecular weight excluding hydrogens is 218 g/mol. The quantitative estimate of drug-likeness (QED) is 0.721. The Morgan fingerprint density at radius 2 is 2.57 bits per heavy atom. The SMILES string of the molecule is CCOC(CN)CCSc1nncs1. The molecule has 0 aliphatic heterocycles. The normalized spacial score (nSPS) is 13.0. The number of thioether (sulfide) groups is 1. The highest BCUT2D eigenvalue weighted by atomic mass is 32.2. The molecule has 1 aromatic heterocycles. The molecular formula is C8H15N3OS2. The molecule has 1 aromatic rings. The molecule has 1 heterocycles. The third-order valence-electron chi connectivity index (χ3n) is 1.67. The van der Waals surface area contributed by atoms with Crippen LogP contribution in [0.1, 0.15) is 13.3 Å². The van der Waals surface area contributed by atoms with Crippen LogP contribution in [0.2, 0.25) is 0 Å². The van der Waals surface area contributed by atoms with Crippen LogP contribution in [0.15, 0.2) is 9.85 Å². The molecule has 0 saturated heterocycles. The van der Waals surface area contributed by atoms with Crippen LogP contribution >= 0.6 is 23.1 Å². The predicted octanol–water partition coefficient (Wildman–Crippen LogP) is 1.38. The standard InChI is InChI=1S/C8H15N3OS2/c1-2-12-7(5-9)3-4-13-8-11-10-6-14-8/h6-7H,2-5,9H2,1H3. The Kier molecular flexibility index (Phi) is 6.09. The van der Waals surface area contributed by atoms with Crippen molar-refractivity contribution in [3.8, 4) is 0 Å². The number of rotatable bonds is 7. The van der Waals surface area contributed by atoms with Crippen molar-refractivity contribution in [3.05, 3.63) is 5.51 Å². The van der Waals surface area contributed by atoms with E-state index in [-0.39, 0.29) is 6.10 Å². The molecule has 2 N–H and O–H groups in total. The van der Waals surface area contributed by atoms with E-state index in [9.17, 15) is 0 Å². The molecule has 0 bridgehead atoms. The molecule has 0 aliphatic rings. The van der Waals surface area contributed by atoms with Crippen molar-refractivity contribution in [2.75, 3.05) is 18.9 Å². The summed E-state index contributed by atoms with van der Waals surface area (Å²) in [5, 5.41) is 7.71. The fraction of sp³-hybridized carbons (Fsp3) is 0.750. The highest BCUT2D eigenvalue weighted by Gasteiger charge is 2.06. The number of hydrogen-bond acceptors (Lipinski definition) is 6. The highest BCUT2D eigenvalue weighted by molar-refractivity contribution is 8.00. The zero-order valence-corrected chi connectivity index (χ0v) is 9.81. The average molecular weight is 233 g/mol. The maximum absolute atomic E-state index is 5.56. The fourth-order valence-corrected chi connectivity index (χ4v) is 2.60. The summed E-state index contributed by atoms with van der Waals surface area (Å²) in [6.45, 7) is 3.30. The largest absolute Gasteiger partial charge is 0.377 e. The van der Waals surface area contributed by atoms with Gasteiger partial charge in [0.25, 0.3) is 0 Å². The van der Waals surface area contributed by atoms with Gasteiger partial charge in [-0.25, -0.2) is 0 Å². The first-order valence-electron chi connectivity index (χ1n) is 4.57. The highest BCUT2D eigenvalue weighted by Crippen LogP contribution is 2.20. The minimum absolute atomic E-state index is 0.181. The van der Waals surface area contributed by atoms with Crippen LogP contribution in [-0.2, 0) is 4.74 Å². The summed E-state index contributed by atoms with van der Waals surface area (Å²) in [5.41, 5.74) is 7.30. The molecule has 6 heteroatoms. The first-order valence-corrected chi connectivity index (χ1v) is 6.44. The molecule has 1 rings (SSSR count). The second-order valence-corrected chi connectivity index (χ2v) is 4.83. The topological polar surface area (TPSA) is 61.0 Å². The second-order valence-electron chi connectivity index (χ2n) is 2.65. The monoisotopic (exact) mass is 233 g/mol. The summed E-state index contributed by atoms with van der Waals surface area (Å²) in [5.74, 6) is 0.983. The third-order valence-corrected chi connectivity index (χ3v) is 3.56. The molecule has 0 spiro atoms. The van der Waals surface area contributed by atoms with Crippen LogP contribution in [0.3, 0.4) is 0 Å². The van der Waals surface area contributed by atoms with Gasteiger partial charge in [-0.3, -0.25) is 0 Å². The molecule has 1 unspecified atom stereocenters. The van der Waals surface area contributed by atoms with E-state index in [1.807, 2.05) is 6.92 Å². The molecule has 0 fully saturated rings. The molecule has 80 valence electrons. The van der Waals surface area contributed by atoms with Crippen molar-refractivity contribution in [2.45, 2.75) is 23.8 Å². The van der Waals surface area contributed by atoms with Gasteiger partial charge in [0.2, 0.25) is 0 Å². The van der Waals surface area contributed by atoms with Gasteiger partial charge < -0.3 is 10.5 Å². The zero-order valence-electron chi connectivity index (χ0n) is 8.18. The summed E-state index contributed by atoms with van der Waals surface area (Å²) in [6, 6.07) is 0. The number of hydrogen-bond donors (Lipinski definition) is 1. The summed E-state index contributed by atoms with van der Waals surface area (Å²) < 4.78 is 6.45. The van der Waals surface area contributed by atoms with E-state index in [1.165, 1.54) is 0 Å². The first-order chi connectivity index (χ1) is 6.86. The Hall–Kier alpha value is -0.170. The van der Waals surface area contributed by atoms with Crippen molar-refractivity contribution in [2.24, 2.45) is 5.73 Å². The Bertz CT molecular complexity index is 231. The van der Waals surface area contributed by atoms with Gasteiger partial charge in [-0.1, -0.05) is 23.1 Å². The minimum Gasteiger partial charge on any atom is -0.377 e. The molecule has 4 nitrogen and oxygen atoms in total. The van der Waals surface area contributed by atoms with Crippen molar-refractivity contribution in [1.82, 2.24) is 10.2 Å². The van der Waals surface area contributed by atoms with Gasteiger partial charge in [-0.05, 0) is 13.3 Å². The van der Waals surface area contributed by atoms with E-state index in [0.29, 0.717) is 6.54 Å². The molecule has 14 heavy (non-hydrogen) atoms. The van der Waals surface area contributed by atoms with Gasteiger partial charge in [0.1, 0.15) is 5.51 Å². The maximum atomic E-state index is 5.56. The summed E-state index contributed by atoms with van der Waals surface area (Å²) in [7, 11) is 0. The van der Waals surface area contributed by atoms with Crippen LogP contribution in [0.25, 0.3) is 0 Å². The number of ether oxygens (including phenoxy) is 1. The lowest BCUT2D eigenvalue weighted by Crippen LogP contribution is -2.24. The second kappa shape index (κ2) is 7.17. The van der Waals surface area contributed by atoms with Crippen molar-refractivity contribution < 1.29 is 4.74 Å². The van der Waals surface area contributed by atoms with Crippen LogP contribution in [0, 0.1) is 0 Å². The van der Waals surface area contributed by atoms with Gasteiger partial charge in [0, 0.05) is 18.9 Å². The average Bonchev–Trinajstić information content (AvgIpc) is 2.69. The Morgan fingerprint density at radius 1 is 1.71 bits per heavy atom. The van der Waals surface area contributed by atoms with Crippen LogP contribution in [-0.4, -0.2) is 35.2 Å². The van der Waals surface area contributed by atoms with E-state index in [1.54, 1.807) is 28.6 Å². The minimum atomic E-state index is 0.181. The van der Waals surface area contributed by atoms with Crippen molar-refractivity contribution in [3.63, 3.8) is 0 Å². The van der Waals surface area contributed by atoms with Crippen LogP contribution in [0.4, 0.5) is 0 Å². The van der Waals surface area contributed by atoms with Crippen LogP contribution < -0.4 is 5.73 Å². The van der Waals surface area contributed by atoms with E-state index in [4.69, 9.17) is 10.5 Å². The lowest BCUT2D eigenvalue weighted by atomic mass is 10.3. The van der Waals surface area contributed by atoms with Crippen molar-refractivity contribution in [1.29, 1.82) is 0 Å². The number of aromatic nitrogens is 2. The van der Waals surface area contributed by atoms with Gasteiger partial charge in [0.15, 0.2) is 4.34 Å². The van der Waals surface area contributed by atoms with E-state index in [0.717, 1.165) is 23.1 Å². The number of nitrogens with zero attached hydrogens (tertiary/aromatic N) is 2. The lowest BCUT2D eigenvalue weighted by Gasteiger charge is -2.13. The maximum Gasteiger partial charge on any atom is 0.174 e. The molecule has 0 radical (unpaired) electrons. The van der Waals surface area contributed by atoms with Crippen LogP contribution in [0.5, 0.6) is 0 Å². The summed E-state index contributed by atoms with van der Waals surface area (Å²) >= 11 is 3.27. The van der Waals surface area contributed by atoms with Gasteiger partial charge >= 0.3 is 0 Å². The molecule has 1 atom stereocenters. The fourth-order valence-electron chi connectivity index (χ4n) is 1.01. The molecule has 0 saturated carbocycles. The summed E-state index contributed by atoms with van der Waals surface area (Å²) in [6.07, 6.45) is 1.15. The molecule has 0 aromatic carbocycles. The Morgan fingerprint density at radius 3 is 3.14 bits per heavy atom. The summed E-state index contributed by atoms with van der Waals surface area (Å²) in [4.78, 5) is 0. The first kappa shape index (κ1) is 11.9. The molecule has 0 aliphatic carbocycles. The predicted molar refractivity (Wildman–Crippen MR) is 59.7 cm³/mol. The zero-order chi connectivity index (χ0) is 10.2. The number of nitrogens with two attached hydrogens (primary N) is 1. The third kappa shape index (κ3) is 4.36. The van der Waals surface area contributed by atoms with E-state index in [2.05, 4.69) is 10.2 Å². The van der Waals surface area contributed by atoms with Crippen molar-refractivity contribution >= 4 is 23.1 Å². The molecule has 0 amide bonds.